The average molecular weight is 329 g/mol. The van der Waals surface area contributed by atoms with Gasteiger partial charge in [0, 0.05) is 12.6 Å². The Hall–Kier alpha value is -2.21. The van der Waals surface area contributed by atoms with Crippen LogP contribution in [-0.4, -0.2) is 59.7 Å². The molecule has 128 valence electrons. The van der Waals surface area contributed by atoms with Gasteiger partial charge >= 0.3 is 0 Å². The molecule has 1 fully saturated rings. The van der Waals surface area contributed by atoms with Crippen LogP contribution in [-0.2, 0) is 4.79 Å². The summed E-state index contributed by atoms with van der Waals surface area (Å²) in [6, 6.07) is 6.92. The zero-order chi connectivity index (χ0) is 17.1. The maximum absolute atomic E-state index is 12.8. The van der Waals surface area contributed by atoms with Gasteiger partial charge < -0.3 is 10.2 Å². The Morgan fingerprint density at radius 3 is 2.29 bits per heavy atom. The molecule has 0 atom stereocenters. The van der Waals surface area contributed by atoms with Gasteiger partial charge in [-0.25, -0.2) is 0 Å². The highest BCUT2D eigenvalue weighted by atomic mass is 16.2. The fourth-order valence-corrected chi connectivity index (χ4v) is 3.48. The van der Waals surface area contributed by atoms with Crippen LogP contribution in [0.2, 0.25) is 0 Å². The number of nitrogens with zero attached hydrogens (tertiary/aromatic N) is 2. The summed E-state index contributed by atoms with van der Waals surface area (Å²) in [7, 11) is 0. The predicted octanol–water partition coefficient (Wildman–Crippen LogP) is 1.27. The lowest BCUT2D eigenvalue weighted by Crippen LogP contribution is -2.50. The van der Waals surface area contributed by atoms with E-state index < -0.39 is 0 Å². The summed E-state index contributed by atoms with van der Waals surface area (Å²) in [5.74, 6) is -0.880. The lowest BCUT2D eigenvalue weighted by atomic mass is 10.0. The van der Waals surface area contributed by atoms with Gasteiger partial charge in [-0.1, -0.05) is 19.1 Å². The second-order valence-corrected chi connectivity index (χ2v) is 6.31. The molecule has 0 saturated carbocycles. The molecule has 1 saturated heterocycles. The summed E-state index contributed by atoms with van der Waals surface area (Å²) in [5.41, 5.74) is 0.776. The van der Waals surface area contributed by atoms with Crippen LogP contribution < -0.4 is 5.32 Å². The van der Waals surface area contributed by atoms with Crippen molar-refractivity contribution >= 4 is 17.7 Å². The third-order valence-corrected chi connectivity index (χ3v) is 4.71. The number of amides is 3. The molecule has 6 nitrogen and oxygen atoms in total. The predicted molar refractivity (Wildman–Crippen MR) is 89.7 cm³/mol. The van der Waals surface area contributed by atoms with Crippen LogP contribution >= 0.6 is 0 Å². The second kappa shape index (κ2) is 7.13. The zero-order valence-corrected chi connectivity index (χ0v) is 14.0. The van der Waals surface area contributed by atoms with E-state index in [-0.39, 0.29) is 30.3 Å². The SMILES string of the molecule is CCCN(C(=O)CN1C(=O)c2ccccc2C1=O)C1CCNCC1. The van der Waals surface area contributed by atoms with E-state index in [1.165, 1.54) is 0 Å². The molecule has 0 aromatic heterocycles. The molecule has 24 heavy (non-hydrogen) atoms. The third kappa shape index (κ3) is 3.06. The molecule has 6 heteroatoms. The molecule has 0 radical (unpaired) electrons. The van der Waals surface area contributed by atoms with Gasteiger partial charge in [-0.3, -0.25) is 19.3 Å². The molecule has 3 amide bonds. The lowest BCUT2D eigenvalue weighted by molar-refractivity contribution is -0.134. The van der Waals surface area contributed by atoms with E-state index in [1.807, 2.05) is 11.8 Å². The Labute approximate surface area is 141 Å². The number of imide groups is 1. The highest BCUT2D eigenvalue weighted by Crippen LogP contribution is 2.23. The van der Waals surface area contributed by atoms with Crippen molar-refractivity contribution in [3.8, 4) is 0 Å². The fourth-order valence-electron chi connectivity index (χ4n) is 3.48. The van der Waals surface area contributed by atoms with Gasteiger partial charge in [-0.05, 0) is 44.5 Å². The van der Waals surface area contributed by atoms with Crippen molar-refractivity contribution in [3.63, 3.8) is 0 Å². The summed E-state index contributed by atoms with van der Waals surface area (Å²) < 4.78 is 0. The van der Waals surface area contributed by atoms with Gasteiger partial charge in [0.15, 0.2) is 0 Å². The van der Waals surface area contributed by atoms with Crippen LogP contribution in [0.4, 0.5) is 0 Å². The highest BCUT2D eigenvalue weighted by Gasteiger charge is 2.37. The van der Waals surface area contributed by atoms with Crippen molar-refractivity contribution in [1.29, 1.82) is 0 Å². The normalized spacial score (nSPS) is 18.0. The number of hydrogen-bond acceptors (Lipinski definition) is 4. The summed E-state index contributed by atoms with van der Waals surface area (Å²) in [6.07, 6.45) is 2.68. The van der Waals surface area contributed by atoms with Gasteiger partial charge in [-0.2, -0.15) is 0 Å². The number of carbonyl (C=O) groups excluding carboxylic acids is 3. The van der Waals surface area contributed by atoms with Crippen LogP contribution in [0.3, 0.4) is 0 Å². The zero-order valence-electron chi connectivity index (χ0n) is 14.0. The molecule has 0 spiro atoms. The van der Waals surface area contributed by atoms with Crippen LogP contribution in [0.1, 0.15) is 46.9 Å². The third-order valence-electron chi connectivity index (χ3n) is 4.71. The van der Waals surface area contributed by atoms with E-state index in [9.17, 15) is 14.4 Å². The van der Waals surface area contributed by atoms with Crippen molar-refractivity contribution in [2.24, 2.45) is 0 Å². The maximum atomic E-state index is 12.8. The van der Waals surface area contributed by atoms with Crippen molar-refractivity contribution in [2.45, 2.75) is 32.2 Å². The molecule has 0 bridgehead atoms. The van der Waals surface area contributed by atoms with Gasteiger partial charge in [0.05, 0.1) is 11.1 Å². The maximum Gasteiger partial charge on any atom is 0.262 e. The molecule has 2 aliphatic rings. The highest BCUT2D eigenvalue weighted by molar-refractivity contribution is 6.22. The Balaban J connectivity index is 1.73. The van der Waals surface area contributed by atoms with Crippen LogP contribution in [0.5, 0.6) is 0 Å². The molecule has 0 aliphatic carbocycles. The van der Waals surface area contributed by atoms with Crippen molar-refractivity contribution in [2.75, 3.05) is 26.2 Å². The number of carbonyl (C=O) groups is 3. The second-order valence-electron chi connectivity index (χ2n) is 6.31. The van der Waals surface area contributed by atoms with Crippen molar-refractivity contribution in [3.05, 3.63) is 35.4 Å². The first-order chi connectivity index (χ1) is 11.6. The monoisotopic (exact) mass is 329 g/mol. The minimum Gasteiger partial charge on any atom is -0.338 e. The molecule has 2 heterocycles. The van der Waals surface area contributed by atoms with Gasteiger partial charge in [0.2, 0.25) is 5.91 Å². The number of hydrogen-bond donors (Lipinski definition) is 1. The van der Waals surface area contributed by atoms with E-state index >= 15 is 0 Å². The first-order valence-electron chi connectivity index (χ1n) is 8.59. The van der Waals surface area contributed by atoms with E-state index in [1.54, 1.807) is 24.3 Å². The van der Waals surface area contributed by atoms with Crippen LogP contribution in [0, 0.1) is 0 Å². The average Bonchev–Trinajstić information content (AvgIpc) is 2.85. The van der Waals surface area contributed by atoms with Gasteiger partial charge in [0.25, 0.3) is 11.8 Å². The topological polar surface area (TPSA) is 69.7 Å². The minimum absolute atomic E-state index is 0.141. The number of fused-ring (bicyclic) bond motifs is 1. The van der Waals surface area contributed by atoms with Crippen molar-refractivity contribution < 1.29 is 14.4 Å². The Morgan fingerprint density at radius 1 is 1.17 bits per heavy atom. The van der Waals surface area contributed by atoms with Gasteiger partial charge in [0.1, 0.15) is 6.54 Å². The van der Waals surface area contributed by atoms with Crippen molar-refractivity contribution in [1.82, 2.24) is 15.1 Å². The Bertz CT molecular complexity index is 618. The summed E-state index contributed by atoms with van der Waals surface area (Å²) in [4.78, 5) is 40.6. The summed E-state index contributed by atoms with van der Waals surface area (Å²) >= 11 is 0. The van der Waals surface area contributed by atoms with E-state index in [4.69, 9.17) is 0 Å². The fraction of sp³-hybridized carbons (Fsp3) is 0.500. The smallest absolute Gasteiger partial charge is 0.262 e. The first kappa shape index (κ1) is 16.6. The van der Waals surface area contributed by atoms with E-state index in [0.29, 0.717) is 17.7 Å². The Morgan fingerprint density at radius 2 is 1.75 bits per heavy atom. The standard InChI is InChI=1S/C18H23N3O3/c1-2-11-20(13-7-9-19-10-8-13)16(22)12-21-17(23)14-5-3-4-6-15(14)18(21)24/h3-6,13,19H,2,7-12H2,1H3. The molecular weight excluding hydrogens is 306 g/mol. The molecule has 2 aliphatic heterocycles. The number of benzene rings is 1. The van der Waals surface area contributed by atoms with Crippen LogP contribution in [0.25, 0.3) is 0 Å². The van der Waals surface area contributed by atoms with Crippen LogP contribution in [0.15, 0.2) is 24.3 Å². The quantitative estimate of drug-likeness (QED) is 0.826. The molecular formula is C18H23N3O3. The lowest BCUT2D eigenvalue weighted by Gasteiger charge is -2.35. The van der Waals surface area contributed by atoms with E-state index in [2.05, 4.69) is 5.32 Å². The Kier molecular flexibility index (Phi) is 4.94. The number of piperidine rings is 1. The molecule has 3 rings (SSSR count). The molecule has 1 aromatic rings. The molecule has 1 aromatic carbocycles. The first-order valence-corrected chi connectivity index (χ1v) is 8.59. The summed E-state index contributed by atoms with van der Waals surface area (Å²) in [6.45, 7) is 4.31. The largest absolute Gasteiger partial charge is 0.338 e. The molecule has 0 unspecified atom stereocenters. The molecule has 1 N–H and O–H groups in total. The number of nitrogens with one attached hydrogen (secondary N) is 1. The van der Waals surface area contributed by atoms with Gasteiger partial charge in [-0.15, -0.1) is 0 Å². The van der Waals surface area contributed by atoms with E-state index in [0.717, 1.165) is 37.3 Å². The summed E-state index contributed by atoms with van der Waals surface area (Å²) in [5, 5.41) is 3.29. The minimum atomic E-state index is -0.370. The number of rotatable bonds is 5.